The highest BCUT2D eigenvalue weighted by Crippen LogP contribution is 2.56. The molecule has 0 radical (unpaired) electrons. The number of aliphatic hydroxyl groups excluding tert-OH is 1. The molecule has 3 rings (SSSR count). The van der Waals surface area contributed by atoms with Crippen molar-refractivity contribution in [1.82, 2.24) is 9.55 Å². The van der Waals surface area contributed by atoms with E-state index >= 15 is 0 Å². The number of aromatic amines is 1. The number of aromatic nitrogens is 2. The van der Waals surface area contributed by atoms with Crippen molar-refractivity contribution >= 4 is 15.6 Å². The van der Waals surface area contributed by atoms with Crippen LogP contribution in [0.5, 0.6) is 0 Å². The summed E-state index contributed by atoms with van der Waals surface area (Å²) in [5.74, 6) is 0. The highest BCUT2D eigenvalue weighted by molar-refractivity contribution is 7.59. The Morgan fingerprint density at radius 1 is 1.26 bits per heavy atom. The molecule has 2 fully saturated rings. The maximum Gasteiger partial charge on any atom is 0.330 e. The van der Waals surface area contributed by atoms with Gasteiger partial charge >= 0.3 is 5.69 Å². The van der Waals surface area contributed by atoms with Crippen molar-refractivity contribution in [3.63, 3.8) is 0 Å². The highest BCUT2D eigenvalue weighted by atomic mass is 31.3. The summed E-state index contributed by atoms with van der Waals surface area (Å²) in [6, 6.07) is 0.110. The van der Waals surface area contributed by atoms with Gasteiger partial charge in [-0.3, -0.25) is 28.0 Å². The molecule has 2 aliphatic heterocycles. The average Bonchev–Trinajstić information content (AvgIpc) is 3.08. The van der Waals surface area contributed by atoms with Crippen molar-refractivity contribution in [2.45, 2.75) is 70.0 Å². The van der Waals surface area contributed by atoms with Gasteiger partial charge in [0.2, 0.25) is 0 Å². The monoisotopic (exact) mass is 528 g/mol. The zero-order chi connectivity index (χ0) is 25.3. The minimum Gasteiger partial charge on any atom is -0.756 e. The lowest BCUT2D eigenvalue weighted by Gasteiger charge is -2.37. The number of phosphoric ester groups is 2. The molecule has 2 aliphatic rings. The number of hydrogen-bond acceptors (Lipinski definition) is 12. The number of H-pyrrole nitrogens is 1. The lowest BCUT2D eigenvalue weighted by atomic mass is 10.0. The number of quaternary nitrogens is 1. The lowest BCUT2D eigenvalue weighted by Crippen LogP contribution is -2.89. The molecule has 4 N–H and O–H groups in total. The zero-order valence-electron chi connectivity index (χ0n) is 18.7. The van der Waals surface area contributed by atoms with Crippen LogP contribution in [0.2, 0.25) is 0 Å². The molecular formula is C17H28N3O12P2-. The summed E-state index contributed by atoms with van der Waals surface area (Å²) >= 11 is 0. The molecule has 17 heteroatoms. The molecule has 34 heavy (non-hydrogen) atoms. The molecule has 0 saturated carbocycles. The molecule has 8 atom stereocenters. The van der Waals surface area contributed by atoms with Crippen LogP contribution < -0.4 is 26.4 Å². The highest BCUT2D eigenvalue weighted by Gasteiger charge is 2.37. The van der Waals surface area contributed by atoms with Crippen molar-refractivity contribution in [3.8, 4) is 0 Å². The Morgan fingerprint density at radius 3 is 2.62 bits per heavy atom. The number of aliphatic hydroxyl groups is 1. The van der Waals surface area contributed by atoms with Crippen molar-refractivity contribution in [2.75, 3.05) is 13.7 Å². The van der Waals surface area contributed by atoms with Gasteiger partial charge in [0.05, 0.1) is 19.8 Å². The van der Waals surface area contributed by atoms with E-state index in [2.05, 4.69) is 13.8 Å². The second-order valence-corrected chi connectivity index (χ2v) is 11.0. The Morgan fingerprint density at radius 2 is 1.97 bits per heavy atom. The molecule has 0 aliphatic carbocycles. The molecule has 15 nitrogen and oxygen atoms in total. The number of rotatable bonds is 9. The number of ether oxygens (including phenoxy) is 2. The van der Waals surface area contributed by atoms with Gasteiger partial charge in [-0.2, -0.15) is 0 Å². The Bertz CT molecular complexity index is 1080. The van der Waals surface area contributed by atoms with Crippen LogP contribution in [0.1, 0.15) is 38.0 Å². The fraction of sp³-hybridized carbons (Fsp3) is 0.765. The van der Waals surface area contributed by atoms with Gasteiger partial charge in [-0.1, -0.05) is 0 Å². The first-order valence-electron chi connectivity index (χ1n) is 10.6. The smallest absolute Gasteiger partial charge is 0.330 e. The summed E-state index contributed by atoms with van der Waals surface area (Å²) in [5, 5.41) is 12.1. The number of nitrogens with one attached hydrogen (secondary N) is 1. The van der Waals surface area contributed by atoms with E-state index in [9.17, 15) is 33.6 Å². The number of nitrogens with zero attached hydrogens (tertiary/aromatic N) is 1. The number of nitrogens with two attached hydrogens (primary N) is 1. The van der Waals surface area contributed by atoms with Gasteiger partial charge in [0, 0.05) is 31.0 Å². The third kappa shape index (κ3) is 6.93. The second-order valence-electron chi connectivity index (χ2n) is 8.13. The number of phosphoric acid groups is 2. The Kier molecular flexibility index (Phi) is 8.70. The fourth-order valence-corrected chi connectivity index (χ4v) is 5.89. The maximum absolute atomic E-state index is 12.1. The van der Waals surface area contributed by atoms with Crippen LogP contribution in [0.4, 0.5) is 0 Å². The first-order valence-corrected chi connectivity index (χ1v) is 13.5. The SMILES string of the molecule is C[NH2+][C@H]1CC[C@@H](OP(=O)([O-])OP(=O)([O-])OC[C@H]2O[C@@H](n3cc(C)c(=O)[nH]c3=O)C[C@@H]2O)O[C@@H]1C. The lowest BCUT2D eigenvalue weighted by molar-refractivity contribution is -0.676. The van der Waals surface area contributed by atoms with E-state index in [4.69, 9.17) is 14.0 Å². The third-order valence-corrected chi connectivity index (χ3v) is 8.20. The van der Waals surface area contributed by atoms with Crippen LogP contribution in [0.15, 0.2) is 15.8 Å². The van der Waals surface area contributed by atoms with Crippen LogP contribution in [-0.4, -0.2) is 59.0 Å². The minimum absolute atomic E-state index is 0.110. The minimum atomic E-state index is -5.43. The Balaban J connectivity index is 1.55. The molecule has 0 spiro atoms. The molecule has 3 heterocycles. The van der Waals surface area contributed by atoms with E-state index in [1.54, 1.807) is 6.92 Å². The van der Waals surface area contributed by atoms with Crippen LogP contribution in [0.25, 0.3) is 0 Å². The predicted molar refractivity (Wildman–Crippen MR) is 109 cm³/mol. The molecule has 2 saturated heterocycles. The maximum atomic E-state index is 12.1. The third-order valence-electron chi connectivity index (χ3n) is 5.64. The zero-order valence-corrected chi connectivity index (χ0v) is 20.5. The van der Waals surface area contributed by atoms with E-state index in [0.29, 0.717) is 6.42 Å². The summed E-state index contributed by atoms with van der Waals surface area (Å²) in [4.78, 5) is 49.7. The van der Waals surface area contributed by atoms with Crippen LogP contribution in [-0.2, 0) is 32.0 Å². The van der Waals surface area contributed by atoms with Gasteiger partial charge in [0.1, 0.15) is 24.5 Å². The van der Waals surface area contributed by atoms with Crippen LogP contribution in [0.3, 0.4) is 0 Å². The van der Waals surface area contributed by atoms with Gasteiger partial charge in [0.25, 0.3) is 21.2 Å². The molecular weight excluding hydrogens is 500 g/mol. The first-order chi connectivity index (χ1) is 15.8. The molecule has 1 aromatic heterocycles. The second kappa shape index (κ2) is 10.8. The summed E-state index contributed by atoms with van der Waals surface area (Å²) in [6.45, 7) is 2.41. The summed E-state index contributed by atoms with van der Waals surface area (Å²) < 4.78 is 49.5. The van der Waals surface area contributed by atoms with Crippen molar-refractivity contribution in [2.24, 2.45) is 0 Å². The van der Waals surface area contributed by atoms with Crippen molar-refractivity contribution in [1.29, 1.82) is 0 Å². The summed E-state index contributed by atoms with van der Waals surface area (Å²) in [6.07, 6.45) is -3.09. The first kappa shape index (κ1) is 27.4. The number of aryl methyl sites for hydroxylation is 1. The van der Waals surface area contributed by atoms with E-state index < -0.39 is 58.2 Å². The predicted octanol–water partition coefficient (Wildman–Crippen LogP) is -2.43. The van der Waals surface area contributed by atoms with Crippen molar-refractivity contribution in [3.05, 3.63) is 32.6 Å². The molecule has 1 aromatic rings. The van der Waals surface area contributed by atoms with E-state index in [0.717, 1.165) is 4.57 Å². The normalized spacial score (nSPS) is 33.4. The number of hydrogen-bond donors (Lipinski definition) is 3. The molecule has 0 bridgehead atoms. The molecule has 2 unspecified atom stereocenters. The van der Waals surface area contributed by atoms with Gasteiger partial charge in [-0.05, 0) is 13.8 Å². The van der Waals surface area contributed by atoms with Crippen molar-refractivity contribution < 1.29 is 52.2 Å². The van der Waals surface area contributed by atoms with E-state index in [1.165, 1.54) is 13.1 Å². The summed E-state index contributed by atoms with van der Waals surface area (Å²) in [7, 11) is -8.94. The van der Waals surface area contributed by atoms with Gasteiger partial charge in [-0.25, -0.2) is 9.11 Å². The van der Waals surface area contributed by atoms with Gasteiger partial charge < -0.3 is 34.2 Å². The summed E-state index contributed by atoms with van der Waals surface area (Å²) in [5.41, 5.74) is -1.13. The molecule has 194 valence electrons. The van der Waals surface area contributed by atoms with Crippen LogP contribution >= 0.6 is 15.6 Å². The topological polar surface area (TPSA) is 218 Å². The quantitative estimate of drug-likeness (QED) is 0.285. The standard InChI is InChI=1S/C17H29N3O12P2/c1-9-7-20(17(23)19-16(9)22)14-6-12(21)13(30-14)8-28-33(24,25)32-34(26,27)31-15-5-4-11(18-3)10(2)29-15/h7,10-15,18,21H,4-6,8H2,1-3H3,(H,24,25)(H,26,27)(H,19,22,23)/p-1/t10-,11+,12+,13-,14-,15-/m1/s1. The van der Waals surface area contributed by atoms with E-state index in [-0.39, 0.29) is 30.6 Å². The average molecular weight is 528 g/mol. The molecule has 0 amide bonds. The number of likely N-dealkylation sites (N-methyl/N-ethyl adjacent to an activating group) is 1. The fourth-order valence-electron chi connectivity index (χ4n) is 3.80. The molecule has 0 aromatic carbocycles. The largest absolute Gasteiger partial charge is 0.756 e. The van der Waals surface area contributed by atoms with E-state index in [1.807, 2.05) is 12.4 Å². The van der Waals surface area contributed by atoms with Crippen LogP contribution in [0, 0.1) is 6.92 Å². The Labute approximate surface area is 194 Å². The Hall–Kier alpha value is -1.22. The van der Waals surface area contributed by atoms with Gasteiger partial charge in [-0.15, -0.1) is 0 Å². The van der Waals surface area contributed by atoms with Gasteiger partial charge in [0.15, 0.2) is 6.29 Å².